The molecular weight excluding hydrogens is 519 g/mol. The third-order valence-corrected chi connectivity index (χ3v) is 9.43. The van der Waals surface area contributed by atoms with Gasteiger partial charge in [0.05, 0.1) is 0 Å². The molecule has 1 unspecified atom stereocenters. The summed E-state index contributed by atoms with van der Waals surface area (Å²) in [5, 5.41) is 2.18. The zero-order valence-electron chi connectivity index (χ0n) is 24.5. The van der Waals surface area contributed by atoms with Crippen molar-refractivity contribution in [3.8, 4) is 5.75 Å². The Balaban J connectivity index is 1.32. The van der Waals surface area contributed by atoms with E-state index in [1.54, 1.807) is 0 Å². The molecule has 2 aromatic rings. The highest BCUT2D eigenvalue weighted by Crippen LogP contribution is 2.32. The molecule has 0 amide bonds. The molecule has 0 saturated carbocycles. The molecule has 1 aliphatic rings. The Hall–Kier alpha value is -1.30. The van der Waals surface area contributed by atoms with Crippen LogP contribution in [0.25, 0.3) is 0 Å². The van der Waals surface area contributed by atoms with Crippen molar-refractivity contribution in [2.45, 2.75) is 129 Å². The monoisotopic (exact) mass is 571 g/mol. The first kappa shape index (κ1) is 32.2. The lowest BCUT2D eigenvalue weighted by Crippen LogP contribution is -2.41. The van der Waals surface area contributed by atoms with Crippen molar-refractivity contribution in [2.24, 2.45) is 0 Å². The van der Waals surface area contributed by atoms with Crippen molar-refractivity contribution >= 4 is 29.9 Å². The molecule has 218 valence electrons. The summed E-state index contributed by atoms with van der Waals surface area (Å²) in [4.78, 5) is 16.8. The van der Waals surface area contributed by atoms with Crippen LogP contribution in [-0.4, -0.2) is 35.8 Å². The molecule has 1 aromatic heterocycles. The number of rotatable bonds is 21. The summed E-state index contributed by atoms with van der Waals surface area (Å²) in [6.07, 6.45) is 21.5. The first-order valence-corrected chi connectivity index (χ1v) is 17.4. The molecule has 39 heavy (non-hydrogen) atoms. The summed E-state index contributed by atoms with van der Waals surface area (Å²) in [6, 6.07) is 11.3. The SMILES string of the molecule is CCCN(CCc1cccs1)C1CCc2c(cccc2OC(=O)CCCCCCCCCCCCCCS)C1. The Kier molecular flexibility index (Phi) is 16.3. The van der Waals surface area contributed by atoms with Gasteiger partial charge in [0.2, 0.25) is 0 Å². The molecule has 0 fully saturated rings. The smallest absolute Gasteiger partial charge is 0.311 e. The average molecular weight is 572 g/mol. The molecule has 0 saturated heterocycles. The highest BCUT2D eigenvalue weighted by Gasteiger charge is 2.26. The van der Waals surface area contributed by atoms with Gasteiger partial charge < -0.3 is 4.74 Å². The maximum Gasteiger partial charge on any atom is 0.311 e. The fraction of sp³-hybridized carbons (Fsp3) is 0.676. The lowest BCUT2D eigenvalue weighted by atomic mass is 9.86. The van der Waals surface area contributed by atoms with Crippen LogP contribution in [0.5, 0.6) is 5.75 Å². The summed E-state index contributed by atoms with van der Waals surface area (Å²) < 4.78 is 5.90. The molecule has 5 heteroatoms. The summed E-state index contributed by atoms with van der Waals surface area (Å²) in [5.74, 6) is 1.77. The second-order valence-corrected chi connectivity index (χ2v) is 12.8. The predicted molar refractivity (Wildman–Crippen MR) is 172 cm³/mol. The maximum absolute atomic E-state index is 12.6. The van der Waals surface area contributed by atoms with Gasteiger partial charge in [-0.05, 0) is 85.9 Å². The highest BCUT2D eigenvalue weighted by molar-refractivity contribution is 7.80. The third-order valence-electron chi connectivity index (χ3n) is 8.18. The van der Waals surface area contributed by atoms with E-state index in [1.165, 1.54) is 86.6 Å². The van der Waals surface area contributed by atoms with Crippen molar-refractivity contribution in [3.63, 3.8) is 0 Å². The van der Waals surface area contributed by atoms with E-state index in [1.807, 2.05) is 17.4 Å². The van der Waals surface area contributed by atoms with Crippen molar-refractivity contribution in [1.29, 1.82) is 0 Å². The van der Waals surface area contributed by atoms with Crippen LogP contribution < -0.4 is 4.74 Å². The normalized spacial score (nSPS) is 15.0. The molecule has 3 rings (SSSR count). The second-order valence-electron chi connectivity index (χ2n) is 11.3. The number of esters is 1. The van der Waals surface area contributed by atoms with Gasteiger partial charge >= 0.3 is 5.97 Å². The maximum atomic E-state index is 12.6. The zero-order chi connectivity index (χ0) is 27.5. The topological polar surface area (TPSA) is 29.5 Å². The minimum Gasteiger partial charge on any atom is -0.426 e. The van der Waals surface area contributed by atoms with E-state index in [-0.39, 0.29) is 5.97 Å². The number of fused-ring (bicyclic) bond motifs is 1. The molecule has 0 spiro atoms. The van der Waals surface area contributed by atoms with Crippen molar-refractivity contribution in [3.05, 3.63) is 51.7 Å². The molecule has 0 radical (unpaired) electrons. The van der Waals surface area contributed by atoms with Gasteiger partial charge in [-0.25, -0.2) is 0 Å². The molecule has 0 bridgehead atoms. The Morgan fingerprint density at radius 2 is 1.62 bits per heavy atom. The van der Waals surface area contributed by atoms with Gasteiger partial charge in [-0.1, -0.05) is 89.3 Å². The van der Waals surface area contributed by atoms with Crippen LogP contribution in [0.15, 0.2) is 35.7 Å². The first-order chi connectivity index (χ1) is 19.2. The number of thiol groups is 1. The zero-order valence-corrected chi connectivity index (χ0v) is 26.2. The van der Waals surface area contributed by atoms with Crippen molar-refractivity contribution < 1.29 is 9.53 Å². The minimum atomic E-state index is -0.0630. The van der Waals surface area contributed by atoms with Crippen LogP contribution in [0.4, 0.5) is 0 Å². The van der Waals surface area contributed by atoms with Crippen LogP contribution in [0.1, 0.15) is 119 Å². The predicted octanol–water partition coefficient (Wildman–Crippen LogP) is 9.47. The summed E-state index contributed by atoms with van der Waals surface area (Å²) in [5.41, 5.74) is 2.63. The van der Waals surface area contributed by atoms with Gasteiger partial charge in [-0.15, -0.1) is 11.3 Å². The number of hydrogen-bond acceptors (Lipinski definition) is 5. The van der Waals surface area contributed by atoms with Gasteiger partial charge in [0.15, 0.2) is 0 Å². The molecule has 3 nitrogen and oxygen atoms in total. The molecule has 0 aliphatic heterocycles. The van der Waals surface area contributed by atoms with E-state index in [0.29, 0.717) is 12.5 Å². The summed E-state index contributed by atoms with van der Waals surface area (Å²) in [6.45, 7) is 4.55. The number of unbranched alkanes of at least 4 members (excludes halogenated alkanes) is 11. The summed E-state index contributed by atoms with van der Waals surface area (Å²) >= 11 is 6.14. The quantitative estimate of drug-likeness (QED) is 0.0700. The molecule has 1 heterocycles. The van der Waals surface area contributed by atoms with Gasteiger partial charge in [0, 0.05) is 23.9 Å². The lowest BCUT2D eigenvalue weighted by Gasteiger charge is -2.35. The van der Waals surface area contributed by atoms with Gasteiger partial charge in [0.1, 0.15) is 5.75 Å². The Bertz CT molecular complexity index is 914. The number of ether oxygens (including phenoxy) is 1. The van der Waals surface area contributed by atoms with E-state index in [4.69, 9.17) is 4.74 Å². The van der Waals surface area contributed by atoms with E-state index in [0.717, 1.165) is 63.1 Å². The lowest BCUT2D eigenvalue weighted by molar-refractivity contribution is -0.134. The third kappa shape index (κ3) is 12.4. The van der Waals surface area contributed by atoms with E-state index < -0.39 is 0 Å². The number of nitrogens with zero attached hydrogens (tertiary/aromatic N) is 1. The number of carbonyl (C=O) groups is 1. The summed E-state index contributed by atoms with van der Waals surface area (Å²) in [7, 11) is 0. The van der Waals surface area contributed by atoms with Crippen LogP contribution >= 0.6 is 24.0 Å². The molecule has 1 atom stereocenters. The van der Waals surface area contributed by atoms with Gasteiger partial charge in [-0.2, -0.15) is 12.6 Å². The Morgan fingerprint density at radius 1 is 0.923 bits per heavy atom. The Labute approximate surface area is 248 Å². The van der Waals surface area contributed by atoms with Crippen LogP contribution in [0.2, 0.25) is 0 Å². The minimum absolute atomic E-state index is 0.0630. The fourth-order valence-electron chi connectivity index (χ4n) is 5.96. The molecule has 0 N–H and O–H groups in total. The van der Waals surface area contributed by atoms with E-state index in [9.17, 15) is 4.79 Å². The van der Waals surface area contributed by atoms with Gasteiger partial charge in [-0.3, -0.25) is 9.69 Å². The number of carbonyl (C=O) groups excluding carboxylic acids is 1. The van der Waals surface area contributed by atoms with Crippen molar-refractivity contribution in [1.82, 2.24) is 4.90 Å². The van der Waals surface area contributed by atoms with E-state index >= 15 is 0 Å². The number of benzene rings is 1. The molecule has 1 aliphatic carbocycles. The average Bonchev–Trinajstić information content (AvgIpc) is 3.47. The largest absolute Gasteiger partial charge is 0.426 e. The molecular formula is C34H53NO2S2. The highest BCUT2D eigenvalue weighted by atomic mass is 32.1. The standard InChI is InChI=1S/C34H53NO2S2/c1-2-24-35(25-23-31-18-16-27-39-31)30-21-22-32-29(28-30)17-15-19-33(32)37-34(36)20-13-11-9-7-5-3-4-6-8-10-12-14-26-38/h15-19,27,30,38H,2-14,20-26,28H2,1H3. The number of thiophene rings is 1. The van der Waals surface area contributed by atoms with Crippen LogP contribution in [-0.2, 0) is 24.1 Å². The van der Waals surface area contributed by atoms with Crippen LogP contribution in [0.3, 0.4) is 0 Å². The van der Waals surface area contributed by atoms with Crippen molar-refractivity contribution in [2.75, 3.05) is 18.8 Å². The Morgan fingerprint density at radius 3 is 2.26 bits per heavy atom. The van der Waals surface area contributed by atoms with E-state index in [2.05, 4.69) is 54.1 Å². The fourth-order valence-corrected chi connectivity index (χ4v) is 6.88. The molecule has 1 aromatic carbocycles. The van der Waals surface area contributed by atoms with Crippen LogP contribution in [0, 0.1) is 0 Å². The van der Waals surface area contributed by atoms with Gasteiger partial charge in [0.25, 0.3) is 0 Å². The first-order valence-electron chi connectivity index (χ1n) is 15.9. The second kappa shape index (κ2) is 19.7. The number of hydrogen-bond donors (Lipinski definition) is 1.